The van der Waals surface area contributed by atoms with Gasteiger partial charge in [0, 0.05) is 0 Å². The maximum atomic E-state index is 9.51. The number of hydrogen-bond donors (Lipinski definition) is 2. The van der Waals surface area contributed by atoms with E-state index in [1.807, 2.05) is 12.1 Å². The summed E-state index contributed by atoms with van der Waals surface area (Å²) in [5.74, 6) is 1.24. The molecule has 1 atom stereocenters. The second-order valence-electron chi connectivity index (χ2n) is 6.70. The highest BCUT2D eigenvalue weighted by atomic mass is 16.3. The zero-order valence-electron chi connectivity index (χ0n) is 14.7. The smallest absolute Gasteiger partial charge is 0.115 e. The summed E-state index contributed by atoms with van der Waals surface area (Å²) in [6, 6.07) is 15.3. The molecule has 0 bridgehead atoms. The fourth-order valence-corrected chi connectivity index (χ4v) is 3.26. The zero-order valence-corrected chi connectivity index (χ0v) is 14.7. The van der Waals surface area contributed by atoms with E-state index in [0.717, 1.165) is 19.3 Å². The summed E-state index contributed by atoms with van der Waals surface area (Å²) < 4.78 is 0. The monoisotopic (exact) mass is 326 g/mol. The predicted molar refractivity (Wildman–Crippen MR) is 101 cm³/mol. The molecule has 2 N–H and O–H groups in total. The summed E-state index contributed by atoms with van der Waals surface area (Å²) >= 11 is 0. The quantitative estimate of drug-likeness (QED) is 0.512. The van der Waals surface area contributed by atoms with E-state index >= 15 is 0 Å². The minimum Gasteiger partial charge on any atom is -0.508 e. The van der Waals surface area contributed by atoms with Gasteiger partial charge in [-0.1, -0.05) is 56.9 Å². The van der Waals surface area contributed by atoms with Gasteiger partial charge in [0.1, 0.15) is 11.5 Å². The summed E-state index contributed by atoms with van der Waals surface area (Å²) in [5.41, 5.74) is 2.62. The fourth-order valence-electron chi connectivity index (χ4n) is 3.26. The Kier molecular flexibility index (Phi) is 7.67. The van der Waals surface area contributed by atoms with E-state index in [4.69, 9.17) is 0 Å². The van der Waals surface area contributed by atoms with Crippen molar-refractivity contribution in [2.24, 2.45) is 0 Å². The lowest BCUT2D eigenvalue weighted by molar-refractivity contribution is 0.472. The SMILES string of the molecule is CCCCCCC(CCCc1ccc(O)cc1)c1ccc(O)cc1. The second-order valence-corrected chi connectivity index (χ2v) is 6.70. The molecule has 2 aromatic carbocycles. The van der Waals surface area contributed by atoms with E-state index in [9.17, 15) is 10.2 Å². The Hall–Kier alpha value is -1.96. The summed E-state index contributed by atoms with van der Waals surface area (Å²) in [6.07, 6.45) is 9.74. The molecule has 2 aromatic rings. The number of phenols is 2. The number of hydrogen-bond acceptors (Lipinski definition) is 2. The van der Waals surface area contributed by atoms with Gasteiger partial charge in [0.2, 0.25) is 0 Å². The largest absolute Gasteiger partial charge is 0.508 e. The van der Waals surface area contributed by atoms with E-state index in [0.29, 0.717) is 17.4 Å². The number of rotatable bonds is 10. The first-order valence-electron chi connectivity index (χ1n) is 9.26. The van der Waals surface area contributed by atoms with Crippen LogP contribution in [-0.4, -0.2) is 10.2 Å². The third kappa shape index (κ3) is 6.27. The highest BCUT2D eigenvalue weighted by Crippen LogP contribution is 2.29. The molecular weight excluding hydrogens is 296 g/mol. The first-order chi connectivity index (χ1) is 11.7. The van der Waals surface area contributed by atoms with Crippen molar-refractivity contribution in [3.63, 3.8) is 0 Å². The van der Waals surface area contributed by atoms with Gasteiger partial charge in [0.05, 0.1) is 0 Å². The molecule has 0 amide bonds. The van der Waals surface area contributed by atoms with Crippen LogP contribution in [0.3, 0.4) is 0 Å². The van der Waals surface area contributed by atoms with Crippen molar-refractivity contribution in [3.8, 4) is 11.5 Å². The van der Waals surface area contributed by atoms with Gasteiger partial charge in [0.25, 0.3) is 0 Å². The van der Waals surface area contributed by atoms with Crippen LogP contribution in [0.15, 0.2) is 48.5 Å². The van der Waals surface area contributed by atoms with Gasteiger partial charge >= 0.3 is 0 Å². The maximum absolute atomic E-state index is 9.51. The van der Waals surface area contributed by atoms with Crippen LogP contribution in [-0.2, 0) is 6.42 Å². The topological polar surface area (TPSA) is 40.5 Å². The Morgan fingerprint density at radius 3 is 1.92 bits per heavy atom. The molecule has 130 valence electrons. The summed E-state index contributed by atoms with van der Waals surface area (Å²) in [6.45, 7) is 2.25. The standard InChI is InChI=1S/C22H30O2/c1-2-3-4-5-8-19(20-12-16-22(24)17-13-20)9-6-7-18-10-14-21(23)15-11-18/h10-17,19,23-24H,2-9H2,1H3. The van der Waals surface area contributed by atoms with Crippen molar-refractivity contribution < 1.29 is 10.2 Å². The molecule has 0 aliphatic rings. The lowest BCUT2D eigenvalue weighted by atomic mass is 9.88. The summed E-state index contributed by atoms with van der Waals surface area (Å²) in [4.78, 5) is 0. The van der Waals surface area contributed by atoms with Crippen LogP contribution >= 0.6 is 0 Å². The second kappa shape index (κ2) is 10.0. The number of benzene rings is 2. The number of aromatic hydroxyl groups is 2. The van der Waals surface area contributed by atoms with Crippen LogP contribution in [0.25, 0.3) is 0 Å². The lowest BCUT2D eigenvalue weighted by Gasteiger charge is -2.18. The van der Waals surface area contributed by atoms with Gasteiger partial charge in [-0.05, 0) is 67.0 Å². The van der Waals surface area contributed by atoms with Crippen LogP contribution in [0.5, 0.6) is 11.5 Å². The number of unbranched alkanes of at least 4 members (excludes halogenated alkanes) is 3. The first kappa shape index (κ1) is 18.4. The van der Waals surface area contributed by atoms with Gasteiger partial charge in [-0.25, -0.2) is 0 Å². The molecule has 0 fully saturated rings. The van der Waals surface area contributed by atoms with Crippen molar-refractivity contribution >= 4 is 0 Å². The molecule has 0 heterocycles. The number of aryl methyl sites for hydroxylation is 1. The molecule has 0 aliphatic carbocycles. The summed E-state index contributed by atoms with van der Waals surface area (Å²) in [5, 5.41) is 18.9. The molecule has 0 saturated heterocycles. The van der Waals surface area contributed by atoms with Gasteiger partial charge in [-0.2, -0.15) is 0 Å². The third-order valence-electron chi connectivity index (χ3n) is 4.73. The van der Waals surface area contributed by atoms with Gasteiger partial charge < -0.3 is 10.2 Å². The van der Waals surface area contributed by atoms with E-state index < -0.39 is 0 Å². The van der Waals surface area contributed by atoms with Gasteiger partial charge in [0.15, 0.2) is 0 Å². The molecule has 0 aliphatic heterocycles. The van der Waals surface area contributed by atoms with Crippen LogP contribution in [0.4, 0.5) is 0 Å². The average molecular weight is 326 g/mol. The van der Waals surface area contributed by atoms with E-state index in [2.05, 4.69) is 19.1 Å². The molecule has 0 spiro atoms. The molecule has 2 rings (SSSR count). The Labute approximate surface area is 146 Å². The molecule has 1 unspecified atom stereocenters. The van der Waals surface area contributed by atoms with E-state index in [1.54, 1.807) is 24.3 Å². The molecule has 0 saturated carbocycles. The van der Waals surface area contributed by atoms with Crippen molar-refractivity contribution in [1.29, 1.82) is 0 Å². The van der Waals surface area contributed by atoms with Crippen LogP contribution < -0.4 is 0 Å². The van der Waals surface area contributed by atoms with Crippen molar-refractivity contribution in [3.05, 3.63) is 59.7 Å². The number of phenolic OH excluding ortho intramolecular Hbond substituents is 2. The fraction of sp³-hybridized carbons (Fsp3) is 0.455. The van der Waals surface area contributed by atoms with Crippen molar-refractivity contribution in [2.45, 2.75) is 64.2 Å². The average Bonchev–Trinajstić information content (AvgIpc) is 2.59. The van der Waals surface area contributed by atoms with Crippen LogP contribution in [0.1, 0.15) is 68.9 Å². The predicted octanol–water partition coefficient (Wildman–Crippen LogP) is 6.17. The lowest BCUT2D eigenvalue weighted by Crippen LogP contribution is -2.00. The minimum absolute atomic E-state index is 0.330. The Morgan fingerprint density at radius 2 is 1.29 bits per heavy atom. The molecule has 2 heteroatoms. The van der Waals surface area contributed by atoms with E-state index in [1.165, 1.54) is 43.2 Å². The van der Waals surface area contributed by atoms with Crippen LogP contribution in [0.2, 0.25) is 0 Å². The highest BCUT2D eigenvalue weighted by molar-refractivity contribution is 5.28. The third-order valence-corrected chi connectivity index (χ3v) is 4.73. The Morgan fingerprint density at radius 1 is 0.708 bits per heavy atom. The molecule has 24 heavy (non-hydrogen) atoms. The Balaban J connectivity index is 1.89. The summed E-state index contributed by atoms with van der Waals surface area (Å²) in [7, 11) is 0. The highest BCUT2D eigenvalue weighted by Gasteiger charge is 2.11. The van der Waals surface area contributed by atoms with Crippen molar-refractivity contribution in [1.82, 2.24) is 0 Å². The van der Waals surface area contributed by atoms with Gasteiger partial charge in [-0.15, -0.1) is 0 Å². The molecule has 0 radical (unpaired) electrons. The van der Waals surface area contributed by atoms with Gasteiger partial charge in [-0.3, -0.25) is 0 Å². The van der Waals surface area contributed by atoms with Crippen molar-refractivity contribution in [2.75, 3.05) is 0 Å². The molecule has 2 nitrogen and oxygen atoms in total. The van der Waals surface area contributed by atoms with E-state index in [-0.39, 0.29) is 0 Å². The minimum atomic E-state index is 0.330. The molecule has 0 aromatic heterocycles. The normalized spacial score (nSPS) is 12.2. The zero-order chi connectivity index (χ0) is 17.2. The first-order valence-corrected chi connectivity index (χ1v) is 9.26. The maximum Gasteiger partial charge on any atom is 0.115 e. The van der Waals surface area contributed by atoms with Crippen LogP contribution in [0, 0.1) is 0 Å². The Bertz CT molecular complexity index is 572. The molecular formula is C22H30O2.